The van der Waals surface area contributed by atoms with Crippen LogP contribution >= 0.6 is 11.8 Å². The summed E-state index contributed by atoms with van der Waals surface area (Å²) < 4.78 is 4.93. The predicted octanol–water partition coefficient (Wildman–Crippen LogP) is 1.86. The fraction of sp³-hybridized carbons (Fsp3) is 0.472. The topological polar surface area (TPSA) is 187 Å². The van der Waals surface area contributed by atoms with Crippen LogP contribution in [0.5, 0.6) is 5.75 Å². The number of thioether (sulfide) groups is 1. The number of amides is 4. The van der Waals surface area contributed by atoms with Gasteiger partial charge in [-0.2, -0.15) is 11.8 Å². The van der Waals surface area contributed by atoms with Crippen LogP contribution in [0.4, 0.5) is 0 Å². The van der Waals surface area contributed by atoms with Gasteiger partial charge >= 0.3 is 5.97 Å². The molecule has 14 heteroatoms. The minimum absolute atomic E-state index is 0.115. The number of benzene rings is 2. The molecule has 6 N–H and O–H groups in total. The SMILES string of the molecule is COC(=O)C(CCSC)NC(=O)C(Cc1c[nH]c2ccccc12)NC(=O)C1CCCN1C(=O)C1CCCN1C(=O)C(N)Cc1ccc(O)cc1. The molecule has 268 valence electrons. The second-order valence-electron chi connectivity index (χ2n) is 12.8. The number of para-hydroxylation sites is 1. The second kappa shape index (κ2) is 16.9. The number of nitrogens with zero attached hydrogens (tertiary/aromatic N) is 2. The third-order valence-electron chi connectivity index (χ3n) is 9.51. The molecular weight excluding hydrogens is 660 g/mol. The summed E-state index contributed by atoms with van der Waals surface area (Å²) in [5.41, 5.74) is 8.78. The van der Waals surface area contributed by atoms with E-state index < -0.39 is 48.0 Å². The number of H-pyrrole nitrogens is 1. The van der Waals surface area contributed by atoms with Gasteiger partial charge in [0.2, 0.25) is 23.6 Å². The van der Waals surface area contributed by atoms with E-state index >= 15 is 0 Å². The monoisotopic (exact) mass is 706 g/mol. The van der Waals surface area contributed by atoms with E-state index in [2.05, 4.69) is 15.6 Å². The number of esters is 1. The van der Waals surface area contributed by atoms with Gasteiger partial charge in [-0.3, -0.25) is 19.2 Å². The number of carbonyl (C=O) groups excluding carboxylic acids is 5. The number of aromatic amines is 1. The van der Waals surface area contributed by atoms with E-state index in [0.717, 1.165) is 22.0 Å². The summed E-state index contributed by atoms with van der Waals surface area (Å²) in [6.45, 7) is 0.724. The molecule has 0 saturated carbocycles. The highest BCUT2D eigenvalue weighted by Gasteiger charge is 2.43. The Hall–Kier alpha value is -4.56. The lowest BCUT2D eigenvalue weighted by atomic mass is 10.0. The first kappa shape index (κ1) is 36.7. The Morgan fingerprint density at radius 2 is 1.66 bits per heavy atom. The summed E-state index contributed by atoms with van der Waals surface area (Å²) >= 11 is 1.53. The number of carbonyl (C=O) groups is 5. The molecule has 13 nitrogen and oxygen atoms in total. The standard InChI is InChI=1S/C36H46N6O7S/c1-49-36(48)28(15-18-50-2)39-32(44)29(20-23-21-38-27-8-4-3-7-25(23)27)40-33(45)30-9-5-16-41(30)35(47)31-10-6-17-42(31)34(46)26(37)19-22-11-13-24(43)14-12-22/h3-4,7-8,11-14,21,26,28-31,38,43H,5-6,9-10,15-20,37H2,1-2H3,(H,39,44)(H,40,45). The first-order valence-corrected chi connectivity index (χ1v) is 18.4. The number of ether oxygens (including phenoxy) is 1. The van der Waals surface area contributed by atoms with Gasteiger partial charge in [-0.05, 0) is 79.9 Å². The lowest BCUT2D eigenvalue weighted by Gasteiger charge is -2.32. The minimum atomic E-state index is -1.05. The highest BCUT2D eigenvalue weighted by molar-refractivity contribution is 7.98. The van der Waals surface area contributed by atoms with Crippen LogP contribution in [0.15, 0.2) is 54.7 Å². The average Bonchev–Trinajstić information content (AvgIpc) is 3.90. The van der Waals surface area contributed by atoms with Gasteiger partial charge in [0.15, 0.2) is 0 Å². The third kappa shape index (κ3) is 8.59. The molecule has 4 amide bonds. The van der Waals surface area contributed by atoms with E-state index in [9.17, 15) is 29.1 Å². The van der Waals surface area contributed by atoms with Crippen molar-refractivity contribution in [3.8, 4) is 5.75 Å². The number of nitrogens with one attached hydrogen (secondary N) is 3. The molecule has 2 saturated heterocycles. The normalized spacial score (nSPS) is 19.2. The summed E-state index contributed by atoms with van der Waals surface area (Å²) in [6.07, 6.45) is 6.52. The Kier molecular flexibility index (Phi) is 12.4. The van der Waals surface area contributed by atoms with Gasteiger partial charge in [-0.15, -0.1) is 0 Å². The second-order valence-corrected chi connectivity index (χ2v) is 13.8. The molecular formula is C36H46N6O7S. The Balaban J connectivity index is 1.30. The first-order valence-electron chi connectivity index (χ1n) is 17.0. The lowest BCUT2D eigenvalue weighted by Crippen LogP contribution is -2.58. The van der Waals surface area contributed by atoms with Crippen LogP contribution in [-0.4, -0.2) is 112 Å². The van der Waals surface area contributed by atoms with Crippen molar-refractivity contribution in [3.05, 3.63) is 65.9 Å². The summed E-state index contributed by atoms with van der Waals surface area (Å²) in [6, 6.07) is 9.70. The summed E-state index contributed by atoms with van der Waals surface area (Å²) in [7, 11) is 1.26. The van der Waals surface area contributed by atoms with Crippen molar-refractivity contribution in [2.24, 2.45) is 5.73 Å². The van der Waals surface area contributed by atoms with E-state index in [1.54, 1.807) is 18.3 Å². The molecule has 0 aliphatic carbocycles. The van der Waals surface area contributed by atoms with E-state index in [1.165, 1.54) is 40.8 Å². The Morgan fingerprint density at radius 3 is 2.38 bits per heavy atom. The molecule has 2 aromatic carbocycles. The molecule has 2 aliphatic rings. The van der Waals surface area contributed by atoms with Crippen molar-refractivity contribution < 1.29 is 33.8 Å². The summed E-state index contributed by atoms with van der Waals surface area (Å²) in [5.74, 6) is -1.51. The number of nitrogens with two attached hydrogens (primary N) is 1. The minimum Gasteiger partial charge on any atom is -0.508 e. The zero-order chi connectivity index (χ0) is 35.8. The molecule has 50 heavy (non-hydrogen) atoms. The van der Waals surface area contributed by atoms with Crippen LogP contribution in [0.1, 0.15) is 43.2 Å². The Bertz CT molecular complexity index is 1680. The number of phenols is 1. The molecule has 3 heterocycles. The number of fused-ring (bicyclic) bond motifs is 1. The number of phenolic OH excluding ortho intramolecular Hbond substituents is 1. The molecule has 3 aromatic rings. The smallest absolute Gasteiger partial charge is 0.328 e. The van der Waals surface area contributed by atoms with Gasteiger partial charge in [0.25, 0.3) is 0 Å². The largest absolute Gasteiger partial charge is 0.508 e. The molecule has 5 rings (SSSR count). The average molecular weight is 707 g/mol. The predicted molar refractivity (Wildman–Crippen MR) is 190 cm³/mol. The Labute approximate surface area is 295 Å². The van der Waals surface area contributed by atoms with Crippen LogP contribution in [0.25, 0.3) is 10.9 Å². The molecule has 5 unspecified atom stereocenters. The molecule has 0 bridgehead atoms. The number of methoxy groups -OCH3 is 1. The maximum absolute atomic E-state index is 14.0. The van der Waals surface area contributed by atoms with Crippen LogP contribution < -0.4 is 16.4 Å². The molecule has 0 radical (unpaired) electrons. The number of aromatic hydroxyl groups is 1. The van der Waals surface area contributed by atoms with Gasteiger partial charge in [-0.1, -0.05) is 30.3 Å². The third-order valence-corrected chi connectivity index (χ3v) is 10.2. The van der Waals surface area contributed by atoms with E-state index in [1.807, 2.05) is 30.5 Å². The van der Waals surface area contributed by atoms with E-state index in [-0.39, 0.29) is 30.4 Å². The van der Waals surface area contributed by atoms with Gasteiger partial charge in [0, 0.05) is 36.6 Å². The lowest BCUT2D eigenvalue weighted by molar-refractivity contribution is -0.147. The van der Waals surface area contributed by atoms with Crippen molar-refractivity contribution in [2.75, 3.05) is 32.2 Å². The molecule has 1 aromatic heterocycles. The highest BCUT2D eigenvalue weighted by atomic mass is 32.2. The van der Waals surface area contributed by atoms with E-state index in [4.69, 9.17) is 10.5 Å². The zero-order valence-corrected chi connectivity index (χ0v) is 29.2. The van der Waals surface area contributed by atoms with Crippen molar-refractivity contribution in [3.63, 3.8) is 0 Å². The molecule has 2 aliphatic heterocycles. The number of rotatable bonds is 14. The van der Waals surface area contributed by atoms with Gasteiger partial charge in [-0.25, -0.2) is 4.79 Å². The van der Waals surface area contributed by atoms with Crippen molar-refractivity contribution >= 4 is 52.3 Å². The van der Waals surface area contributed by atoms with Crippen LogP contribution in [0.3, 0.4) is 0 Å². The fourth-order valence-electron chi connectivity index (χ4n) is 6.86. The highest BCUT2D eigenvalue weighted by Crippen LogP contribution is 2.27. The maximum Gasteiger partial charge on any atom is 0.328 e. The van der Waals surface area contributed by atoms with Gasteiger partial charge in [0.05, 0.1) is 13.2 Å². The fourth-order valence-corrected chi connectivity index (χ4v) is 7.34. The van der Waals surface area contributed by atoms with Crippen molar-refractivity contribution in [1.29, 1.82) is 0 Å². The summed E-state index contributed by atoms with van der Waals surface area (Å²) in [4.78, 5) is 74.0. The van der Waals surface area contributed by atoms with Crippen LogP contribution in [-0.2, 0) is 41.6 Å². The van der Waals surface area contributed by atoms with Gasteiger partial charge < -0.3 is 41.0 Å². The number of aromatic nitrogens is 1. The molecule has 0 spiro atoms. The summed E-state index contributed by atoms with van der Waals surface area (Å²) in [5, 5.41) is 16.2. The quantitative estimate of drug-likeness (QED) is 0.156. The van der Waals surface area contributed by atoms with Crippen molar-refractivity contribution in [1.82, 2.24) is 25.4 Å². The van der Waals surface area contributed by atoms with Crippen LogP contribution in [0.2, 0.25) is 0 Å². The van der Waals surface area contributed by atoms with Crippen LogP contribution in [0, 0.1) is 0 Å². The zero-order valence-electron chi connectivity index (χ0n) is 28.4. The Morgan fingerprint density at radius 1 is 0.960 bits per heavy atom. The number of hydrogen-bond acceptors (Lipinski definition) is 9. The van der Waals surface area contributed by atoms with Crippen molar-refractivity contribution in [2.45, 2.75) is 75.2 Å². The van der Waals surface area contributed by atoms with Gasteiger partial charge in [0.1, 0.15) is 29.9 Å². The maximum atomic E-state index is 14.0. The number of likely N-dealkylation sites (tertiary alicyclic amines) is 2. The van der Waals surface area contributed by atoms with E-state index in [0.29, 0.717) is 50.9 Å². The molecule has 2 fully saturated rings. The first-order chi connectivity index (χ1) is 24.1. The number of hydrogen-bond donors (Lipinski definition) is 5. The molecule has 5 atom stereocenters.